The van der Waals surface area contributed by atoms with Crippen LogP contribution in [0.1, 0.15) is 22.8 Å². The van der Waals surface area contributed by atoms with Crippen LogP contribution in [0, 0.1) is 0 Å². The molecule has 0 aliphatic heterocycles. The van der Waals surface area contributed by atoms with Gasteiger partial charge in [-0.1, -0.05) is 17.3 Å². The Bertz CT molecular complexity index is 561. The molecule has 0 radical (unpaired) electrons. The summed E-state index contributed by atoms with van der Waals surface area (Å²) >= 11 is 0. The number of benzene rings is 1. The summed E-state index contributed by atoms with van der Waals surface area (Å²) in [5.74, 6) is 0.522. The highest BCUT2D eigenvalue weighted by atomic mass is 19.4. The van der Waals surface area contributed by atoms with E-state index in [0.29, 0.717) is 17.7 Å². The standard InChI is InChI=1S/C12H9F3N2O2/c13-12(14,15)9-3-1-8(2-4-9)7-10-16-11(5-6-18)19-17-10/h1-4,6H,5,7H2. The van der Waals surface area contributed by atoms with Crippen LogP contribution in [-0.2, 0) is 23.8 Å². The molecule has 0 bridgehead atoms. The van der Waals surface area contributed by atoms with Crippen molar-refractivity contribution in [1.29, 1.82) is 0 Å². The molecule has 0 amide bonds. The number of hydrogen-bond donors (Lipinski definition) is 0. The van der Waals surface area contributed by atoms with Gasteiger partial charge in [0.1, 0.15) is 6.29 Å². The van der Waals surface area contributed by atoms with E-state index in [-0.39, 0.29) is 18.7 Å². The Morgan fingerprint density at radius 1 is 1.21 bits per heavy atom. The minimum atomic E-state index is -4.35. The van der Waals surface area contributed by atoms with Crippen molar-refractivity contribution in [3.63, 3.8) is 0 Å². The van der Waals surface area contributed by atoms with E-state index in [1.807, 2.05) is 0 Å². The summed E-state index contributed by atoms with van der Waals surface area (Å²) in [5, 5.41) is 3.63. The van der Waals surface area contributed by atoms with Crippen LogP contribution in [-0.4, -0.2) is 16.4 Å². The molecular formula is C12H9F3N2O2. The van der Waals surface area contributed by atoms with Gasteiger partial charge in [-0.25, -0.2) is 0 Å². The number of carbonyl (C=O) groups excluding carboxylic acids is 1. The van der Waals surface area contributed by atoms with E-state index in [0.717, 1.165) is 12.1 Å². The molecule has 0 fully saturated rings. The highest BCUT2D eigenvalue weighted by Crippen LogP contribution is 2.29. The van der Waals surface area contributed by atoms with Gasteiger partial charge in [-0.05, 0) is 17.7 Å². The molecule has 0 saturated heterocycles. The lowest BCUT2D eigenvalue weighted by Gasteiger charge is -2.06. The first-order valence-electron chi connectivity index (χ1n) is 5.40. The summed E-state index contributed by atoms with van der Waals surface area (Å²) in [4.78, 5) is 14.2. The molecule has 2 aromatic rings. The monoisotopic (exact) mass is 270 g/mol. The fraction of sp³-hybridized carbons (Fsp3) is 0.250. The van der Waals surface area contributed by atoms with Crippen LogP contribution < -0.4 is 0 Å². The van der Waals surface area contributed by atoms with Gasteiger partial charge in [-0.15, -0.1) is 0 Å². The van der Waals surface area contributed by atoms with E-state index < -0.39 is 11.7 Å². The van der Waals surface area contributed by atoms with Crippen LogP contribution in [0.25, 0.3) is 0 Å². The molecule has 7 heteroatoms. The van der Waals surface area contributed by atoms with Crippen LogP contribution in [0.5, 0.6) is 0 Å². The second kappa shape index (κ2) is 5.21. The Kier molecular flexibility index (Phi) is 3.64. The highest BCUT2D eigenvalue weighted by Gasteiger charge is 2.29. The maximum atomic E-state index is 12.4. The number of alkyl halides is 3. The van der Waals surface area contributed by atoms with Crippen molar-refractivity contribution in [1.82, 2.24) is 10.1 Å². The summed E-state index contributed by atoms with van der Waals surface area (Å²) in [5.41, 5.74) is -0.0718. The van der Waals surface area contributed by atoms with Crippen molar-refractivity contribution >= 4 is 6.29 Å². The lowest BCUT2D eigenvalue weighted by molar-refractivity contribution is -0.137. The van der Waals surface area contributed by atoms with E-state index >= 15 is 0 Å². The van der Waals surface area contributed by atoms with Gasteiger partial charge in [0, 0.05) is 6.42 Å². The zero-order valence-electron chi connectivity index (χ0n) is 9.65. The van der Waals surface area contributed by atoms with Gasteiger partial charge in [-0.2, -0.15) is 18.2 Å². The van der Waals surface area contributed by atoms with Crippen molar-refractivity contribution in [2.75, 3.05) is 0 Å². The second-order valence-electron chi connectivity index (χ2n) is 3.85. The van der Waals surface area contributed by atoms with E-state index in [1.54, 1.807) is 0 Å². The first-order chi connectivity index (χ1) is 8.99. The molecule has 0 unspecified atom stereocenters. The van der Waals surface area contributed by atoms with Crippen LogP contribution in [0.2, 0.25) is 0 Å². The Labute approximate surface area is 106 Å². The predicted octanol–water partition coefficient (Wildman–Crippen LogP) is 2.42. The fourth-order valence-electron chi connectivity index (χ4n) is 1.51. The van der Waals surface area contributed by atoms with E-state index in [9.17, 15) is 18.0 Å². The number of hydrogen-bond acceptors (Lipinski definition) is 4. The summed E-state index contributed by atoms with van der Waals surface area (Å²) in [6, 6.07) is 4.72. The number of nitrogens with zero attached hydrogens (tertiary/aromatic N) is 2. The van der Waals surface area contributed by atoms with Gasteiger partial charge >= 0.3 is 6.18 Å². The van der Waals surface area contributed by atoms with E-state index in [1.165, 1.54) is 12.1 Å². The molecule has 4 nitrogen and oxygen atoms in total. The van der Waals surface area contributed by atoms with Gasteiger partial charge in [-0.3, -0.25) is 0 Å². The van der Waals surface area contributed by atoms with Crippen molar-refractivity contribution in [3.8, 4) is 0 Å². The normalized spacial score (nSPS) is 11.5. The number of rotatable bonds is 4. The largest absolute Gasteiger partial charge is 0.416 e. The average molecular weight is 270 g/mol. The van der Waals surface area contributed by atoms with Gasteiger partial charge in [0.25, 0.3) is 0 Å². The second-order valence-corrected chi connectivity index (χ2v) is 3.85. The fourth-order valence-corrected chi connectivity index (χ4v) is 1.51. The maximum Gasteiger partial charge on any atom is 0.416 e. The number of carbonyl (C=O) groups is 1. The van der Waals surface area contributed by atoms with Crippen LogP contribution in [0.3, 0.4) is 0 Å². The Hall–Kier alpha value is -2.18. The highest BCUT2D eigenvalue weighted by molar-refractivity contribution is 5.52. The summed E-state index contributed by atoms with van der Waals surface area (Å²) in [6.45, 7) is 0. The minimum absolute atomic E-state index is 0.0278. The van der Waals surface area contributed by atoms with Crippen molar-refractivity contribution < 1.29 is 22.5 Å². The third-order valence-corrected chi connectivity index (χ3v) is 2.41. The lowest BCUT2D eigenvalue weighted by Crippen LogP contribution is -2.04. The maximum absolute atomic E-state index is 12.4. The van der Waals surface area contributed by atoms with E-state index in [2.05, 4.69) is 10.1 Å². The molecule has 0 atom stereocenters. The molecule has 1 aromatic heterocycles. The zero-order valence-corrected chi connectivity index (χ0v) is 9.65. The van der Waals surface area contributed by atoms with Crippen LogP contribution in [0.15, 0.2) is 28.8 Å². The number of aldehydes is 1. The number of aromatic nitrogens is 2. The molecule has 2 rings (SSSR count). The summed E-state index contributed by atoms with van der Waals surface area (Å²) in [7, 11) is 0. The van der Waals surface area contributed by atoms with Crippen molar-refractivity contribution in [2.24, 2.45) is 0 Å². The lowest BCUT2D eigenvalue weighted by atomic mass is 10.1. The molecule has 0 spiro atoms. The third-order valence-electron chi connectivity index (χ3n) is 2.41. The van der Waals surface area contributed by atoms with Gasteiger partial charge in [0.2, 0.25) is 5.89 Å². The Balaban J connectivity index is 2.08. The van der Waals surface area contributed by atoms with Crippen molar-refractivity contribution in [3.05, 3.63) is 47.1 Å². The molecule has 0 N–H and O–H groups in total. The third kappa shape index (κ3) is 3.40. The predicted molar refractivity (Wildman–Crippen MR) is 58.3 cm³/mol. The van der Waals surface area contributed by atoms with Gasteiger partial charge in [0.15, 0.2) is 5.82 Å². The minimum Gasteiger partial charge on any atom is -0.339 e. The first kappa shape index (κ1) is 13.3. The van der Waals surface area contributed by atoms with E-state index in [4.69, 9.17) is 4.52 Å². The topological polar surface area (TPSA) is 56.0 Å². The summed E-state index contributed by atoms with van der Waals surface area (Å²) < 4.78 is 41.9. The van der Waals surface area contributed by atoms with Crippen LogP contribution >= 0.6 is 0 Å². The molecule has 1 heterocycles. The number of halogens is 3. The molecule has 100 valence electrons. The van der Waals surface area contributed by atoms with Gasteiger partial charge < -0.3 is 9.32 Å². The molecule has 0 aliphatic rings. The smallest absolute Gasteiger partial charge is 0.339 e. The molecule has 19 heavy (non-hydrogen) atoms. The molecule has 0 saturated carbocycles. The van der Waals surface area contributed by atoms with Crippen LogP contribution in [0.4, 0.5) is 13.2 Å². The Morgan fingerprint density at radius 3 is 2.47 bits per heavy atom. The molecule has 1 aromatic carbocycles. The molecular weight excluding hydrogens is 261 g/mol. The average Bonchev–Trinajstić information content (AvgIpc) is 2.77. The first-order valence-corrected chi connectivity index (χ1v) is 5.40. The SMILES string of the molecule is O=CCc1nc(Cc2ccc(C(F)(F)F)cc2)no1. The zero-order chi connectivity index (χ0) is 13.9. The van der Waals surface area contributed by atoms with Crippen molar-refractivity contribution in [2.45, 2.75) is 19.0 Å². The van der Waals surface area contributed by atoms with Gasteiger partial charge in [0.05, 0.1) is 12.0 Å². The Morgan fingerprint density at radius 2 is 1.89 bits per heavy atom. The summed E-state index contributed by atoms with van der Waals surface area (Å²) in [6.07, 6.45) is -3.43. The molecule has 0 aliphatic carbocycles. The quantitative estimate of drug-likeness (QED) is 0.800.